The second-order valence-electron chi connectivity index (χ2n) is 4.02. The summed E-state index contributed by atoms with van der Waals surface area (Å²) in [6, 6.07) is 13.6. The van der Waals surface area contributed by atoms with E-state index in [0.29, 0.717) is 12.5 Å². The van der Waals surface area contributed by atoms with Crippen LogP contribution in [0.2, 0.25) is 0 Å². The maximum atomic E-state index is 5.32. The van der Waals surface area contributed by atoms with E-state index in [-0.39, 0.29) is 0 Å². The van der Waals surface area contributed by atoms with Crippen LogP contribution in [0.3, 0.4) is 0 Å². The molecule has 19 heavy (non-hydrogen) atoms. The minimum Gasteiger partial charge on any atom is -0.481 e. The summed E-state index contributed by atoms with van der Waals surface area (Å²) in [6.45, 7) is 2.34. The van der Waals surface area contributed by atoms with Crippen molar-refractivity contribution in [1.29, 1.82) is 0 Å². The van der Waals surface area contributed by atoms with Crippen molar-refractivity contribution in [2.75, 3.05) is 7.11 Å². The SMILES string of the molecule is COc1ccc(/C(C)=N/OCc2ccccc2)cn1. The average Bonchev–Trinajstić information content (AvgIpc) is 2.48. The van der Waals surface area contributed by atoms with E-state index in [1.807, 2.05) is 43.3 Å². The van der Waals surface area contributed by atoms with Crippen molar-refractivity contribution >= 4 is 5.71 Å². The first-order valence-electron chi connectivity index (χ1n) is 6.00. The van der Waals surface area contributed by atoms with Crippen molar-refractivity contribution in [3.8, 4) is 5.88 Å². The molecule has 0 unspecified atom stereocenters. The molecular weight excluding hydrogens is 240 g/mol. The highest BCUT2D eigenvalue weighted by Crippen LogP contribution is 2.08. The number of benzene rings is 1. The van der Waals surface area contributed by atoms with Crippen LogP contribution in [0.1, 0.15) is 18.1 Å². The highest BCUT2D eigenvalue weighted by atomic mass is 16.6. The summed E-state index contributed by atoms with van der Waals surface area (Å²) >= 11 is 0. The van der Waals surface area contributed by atoms with E-state index < -0.39 is 0 Å². The van der Waals surface area contributed by atoms with Gasteiger partial charge in [0.15, 0.2) is 0 Å². The van der Waals surface area contributed by atoms with Crippen LogP contribution < -0.4 is 4.74 Å². The van der Waals surface area contributed by atoms with Crippen molar-refractivity contribution < 1.29 is 9.57 Å². The van der Waals surface area contributed by atoms with Crippen LogP contribution in [-0.4, -0.2) is 17.8 Å². The van der Waals surface area contributed by atoms with Gasteiger partial charge in [0, 0.05) is 17.8 Å². The summed E-state index contributed by atoms with van der Waals surface area (Å²) in [5.41, 5.74) is 2.78. The lowest BCUT2D eigenvalue weighted by atomic mass is 10.2. The van der Waals surface area contributed by atoms with Crippen molar-refractivity contribution in [3.05, 3.63) is 59.8 Å². The zero-order valence-electron chi connectivity index (χ0n) is 11.0. The second-order valence-corrected chi connectivity index (χ2v) is 4.02. The third-order valence-corrected chi connectivity index (χ3v) is 2.64. The van der Waals surface area contributed by atoms with Crippen molar-refractivity contribution in [3.63, 3.8) is 0 Å². The molecule has 1 aromatic heterocycles. The quantitative estimate of drug-likeness (QED) is 0.610. The largest absolute Gasteiger partial charge is 0.481 e. The van der Waals surface area contributed by atoms with E-state index in [4.69, 9.17) is 9.57 Å². The number of nitrogens with zero attached hydrogens (tertiary/aromatic N) is 2. The van der Waals surface area contributed by atoms with Crippen LogP contribution in [-0.2, 0) is 11.4 Å². The number of methoxy groups -OCH3 is 1. The second kappa shape index (κ2) is 6.54. The summed E-state index contributed by atoms with van der Waals surface area (Å²) in [6.07, 6.45) is 1.71. The van der Waals surface area contributed by atoms with Gasteiger partial charge in [-0.05, 0) is 18.6 Å². The van der Waals surface area contributed by atoms with E-state index in [0.717, 1.165) is 16.8 Å². The number of ether oxygens (including phenoxy) is 1. The van der Waals surface area contributed by atoms with Gasteiger partial charge in [0.25, 0.3) is 0 Å². The fourth-order valence-electron chi connectivity index (χ4n) is 1.55. The highest BCUT2D eigenvalue weighted by Gasteiger charge is 2.00. The first kappa shape index (κ1) is 13.1. The summed E-state index contributed by atoms with van der Waals surface area (Å²) in [5.74, 6) is 0.585. The lowest BCUT2D eigenvalue weighted by molar-refractivity contribution is 0.130. The number of hydrogen-bond donors (Lipinski definition) is 0. The van der Waals surface area contributed by atoms with Crippen LogP contribution >= 0.6 is 0 Å². The summed E-state index contributed by atoms with van der Waals surface area (Å²) in [4.78, 5) is 9.45. The standard InChI is InChI=1S/C15H16N2O2/c1-12(14-8-9-15(18-2)16-10-14)17-19-11-13-6-4-3-5-7-13/h3-10H,11H2,1-2H3/b17-12+. The number of rotatable bonds is 5. The fourth-order valence-corrected chi connectivity index (χ4v) is 1.55. The molecule has 0 saturated carbocycles. The average molecular weight is 256 g/mol. The monoisotopic (exact) mass is 256 g/mol. The van der Waals surface area contributed by atoms with Crippen molar-refractivity contribution in [2.45, 2.75) is 13.5 Å². The zero-order chi connectivity index (χ0) is 13.5. The molecule has 0 atom stereocenters. The molecule has 0 aliphatic carbocycles. The molecule has 4 nitrogen and oxygen atoms in total. The molecule has 4 heteroatoms. The Kier molecular flexibility index (Phi) is 4.50. The first-order valence-corrected chi connectivity index (χ1v) is 6.00. The van der Waals surface area contributed by atoms with E-state index in [2.05, 4.69) is 10.1 Å². The normalized spacial score (nSPS) is 11.2. The number of pyridine rings is 1. The maximum Gasteiger partial charge on any atom is 0.212 e. The molecule has 0 bridgehead atoms. The van der Waals surface area contributed by atoms with Crippen LogP contribution in [0, 0.1) is 0 Å². The van der Waals surface area contributed by atoms with E-state index in [1.165, 1.54) is 0 Å². The molecule has 0 aliphatic rings. The molecule has 0 saturated heterocycles. The molecule has 0 aliphatic heterocycles. The summed E-state index contributed by atoms with van der Waals surface area (Å²) in [5, 5.41) is 4.08. The van der Waals surface area contributed by atoms with Crippen molar-refractivity contribution in [2.24, 2.45) is 5.16 Å². The Bertz CT molecular complexity index is 536. The van der Waals surface area contributed by atoms with Gasteiger partial charge >= 0.3 is 0 Å². The Morgan fingerprint density at radius 3 is 2.58 bits per heavy atom. The molecule has 1 aromatic carbocycles. The molecule has 0 fully saturated rings. The summed E-state index contributed by atoms with van der Waals surface area (Å²) < 4.78 is 5.01. The Morgan fingerprint density at radius 2 is 1.95 bits per heavy atom. The van der Waals surface area contributed by atoms with E-state index >= 15 is 0 Å². The zero-order valence-corrected chi connectivity index (χ0v) is 11.0. The van der Waals surface area contributed by atoms with Crippen LogP contribution in [0.25, 0.3) is 0 Å². The molecular formula is C15H16N2O2. The van der Waals surface area contributed by atoms with Gasteiger partial charge in [-0.2, -0.15) is 0 Å². The molecule has 0 amide bonds. The highest BCUT2D eigenvalue weighted by molar-refractivity contribution is 5.98. The van der Waals surface area contributed by atoms with Gasteiger partial charge in [0.05, 0.1) is 12.8 Å². The molecule has 0 radical (unpaired) electrons. The van der Waals surface area contributed by atoms with Crippen molar-refractivity contribution in [1.82, 2.24) is 4.98 Å². The van der Waals surface area contributed by atoms with Crippen LogP contribution in [0.4, 0.5) is 0 Å². The topological polar surface area (TPSA) is 43.7 Å². The lowest BCUT2D eigenvalue weighted by Crippen LogP contribution is -1.98. The molecule has 2 aromatic rings. The fraction of sp³-hybridized carbons (Fsp3) is 0.200. The Morgan fingerprint density at radius 1 is 1.16 bits per heavy atom. The Labute approximate surface area is 112 Å². The molecule has 0 N–H and O–H groups in total. The van der Waals surface area contributed by atoms with Gasteiger partial charge in [0.1, 0.15) is 6.61 Å². The third-order valence-electron chi connectivity index (χ3n) is 2.64. The smallest absolute Gasteiger partial charge is 0.212 e. The Balaban J connectivity index is 1.94. The van der Waals surface area contributed by atoms with Gasteiger partial charge in [-0.25, -0.2) is 4.98 Å². The number of oxime groups is 1. The van der Waals surface area contributed by atoms with Gasteiger partial charge in [-0.3, -0.25) is 0 Å². The molecule has 98 valence electrons. The molecule has 0 spiro atoms. The predicted octanol–water partition coefficient (Wildman–Crippen LogP) is 3.03. The first-order chi connectivity index (χ1) is 9.29. The van der Waals surface area contributed by atoms with Crippen LogP contribution in [0.5, 0.6) is 5.88 Å². The third kappa shape index (κ3) is 3.81. The number of hydrogen-bond acceptors (Lipinski definition) is 4. The number of aromatic nitrogens is 1. The maximum absolute atomic E-state index is 5.32. The van der Waals surface area contributed by atoms with E-state index in [9.17, 15) is 0 Å². The van der Waals surface area contributed by atoms with Gasteiger partial charge in [0.2, 0.25) is 5.88 Å². The minimum atomic E-state index is 0.460. The van der Waals surface area contributed by atoms with Crippen LogP contribution in [0.15, 0.2) is 53.8 Å². The van der Waals surface area contributed by atoms with E-state index in [1.54, 1.807) is 19.4 Å². The molecule has 1 heterocycles. The lowest BCUT2D eigenvalue weighted by Gasteiger charge is -2.03. The predicted molar refractivity (Wildman–Crippen MR) is 74.2 cm³/mol. The van der Waals surface area contributed by atoms with Gasteiger partial charge in [-0.15, -0.1) is 0 Å². The minimum absolute atomic E-state index is 0.460. The van der Waals surface area contributed by atoms with Gasteiger partial charge < -0.3 is 9.57 Å². The molecule has 2 rings (SSSR count). The summed E-state index contributed by atoms with van der Waals surface area (Å²) in [7, 11) is 1.59. The van der Waals surface area contributed by atoms with Gasteiger partial charge in [-0.1, -0.05) is 35.5 Å². The Hall–Kier alpha value is -2.36.